The number of benzene rings is 1. The Morgan fingerprint density at radius 1 is 1.33 bits per heavy atom. The molecule has 0 saturated carbocycles. The van der Waals surface area contributed by atoms with Crippen LogP contribution in [-0.2, 0) is 4.79 Å². The first kappa shape index (κ1) is 21.5. The number of rotatable bonds is 6. The van der Waals surface area contributed by atoms with Gasteiger partial charge < -0.3 is 20.8 Å². The van der Waals surface area contributed by atoms with Gasteiger partial charge in [-0.3, -0.25) is 9.79 Å². The quantitative estimate of drug-likeness (QED) is 0.718. The number of likely N-dealkylation sites (tertiary alicyclic amines) is 1. The van der Waals surface area contributed by atoms with Crippen molar-refractivity contribution in [3.05, 3.63) is 53.7 Å². The molecule has 1 aromatic heterocycles. The van der Waals surface area contributed by atoms with Gasteiger partial charge in [-0.25, -0.2) is 4.98 Å². The van der Waals surface area contributed by atoms with E-state index in [2.05, 4.69) is 9.98 Å². The summed E-state index contributed by atoms with van der Waals surface area (Å²) in [6.07, 6.45) is 4.64. The van der Waals surface area contributed by atoms with E-state index in [9.17, 15) is 4.79 Å². The topological polar surface area (TPSA) is 105 Å². The molecule has 0 radical (unpaired) electrons. The van der Waals surface area contributed by atoms with Crippen LogP contribution in [0.25, 0.3) is 0 Å². The largest absolute Gasteiger partial charge is 0.472 e. The Balaban J connectivity index is 1.78. The lowest BCUT2D eigenvalue weighted by molar-refractivity contribution is -0.137. The van der Waals surface area contributed by atoms with Gasteiger partial charge in [0.2, 0.25) is 11.8 Å². The molecule has 3 unspecified atom stereocenters. The Bertz CT molecular complexity index is 928. The molecule has 2 aromatic rings. The fourth-order valence-corrected chi connectivity index (χ4v) is 3.67. The summed E-state index contributed by atoms with van der Waals surface area (Å²) in [5.41, 5.74) is 8.36. The summed E-state index contributed by atoms with van der Waals surface area (Å²) in [5.74, 6) is -0.357. The average molecular weight is 408 g/mol. The molecule has 30 heavy (non-hydrogen) atoms. The normalized spacial score (nSPS) is 20.2. The van der Waals surface area contributed by atoms with Gasteiger partial charge in [0, 0.05) is 36.8 Å². The molecule has 1 aliphatic rings. The average Bonchev–Trinajstić information content (AvgIpc) is 2.76. The number of pyridine rings is 1. The van der Waals surface area contributed by atoms with Crippen molar-refractivity contribution in [2.45, 2.75) is 38.8 Å². The van der Waals surface area contributed by atoms with Crippen molar-refractivity contribution in [1.82, 2.24) is 9.88 Å². The fourth-order valence-electron chi connectivity index (χ4n) is 3.67. The maximum absolute atomic E-state index is 13.4. The third kappa shape index (κ3) is 4.67. The molecular formula is C23H29N5O2. The highest BCUT2D eigenvalue weighted by Gasteiger charge is 2.35. The zero-order valence-corrected chi connectivity index (χ0v) is 17.7. The summed E-state index contributed by atoms with van der Waals surface area (Å²) < 4.78 is 6.11. The van der Waals surface area contributed by atoms with Crippen LogP contribution in [0.4, 0.5) is 5.69 Å². The van der Waals surface area contributed by atoms with E-state index < -0.39 is 5.92 Å². The molecule has 0 bridgehead atoms. The number of aromatic nitrogens is 1. The molecule has 1 aromatic carbocycles. The van der Waals surface area contributed by atoms with Gasteiger partial charge in [0.1, 0.15) is 12.0 Å². The minimum atomic E-state index is -0.731. The monoisotopic (exact) mass is 407 g/mol. The van der Waals surface area contributed by atoms with E-state index in [1.165, 1.54) is 0 Å². The molecule has 1 saturated heterocycles. The second-order valence-electron chi connectivity index (χ2n) is 7.65. The zero-order chi connectivity index (χ0) is 21.7. The SMILES string of the molecule is CN=CC(C(=N)c1ccccc1)C(=O)N1CC(Oc2nccc(N)c2C)CCC1C. The zero-order valence-electron chi connectivity index (χ0n) is 17.7. The van der Waals surface area contributed by atoms with Crippen LogP contribution in [0, 0.1) is 18.3 Å². The van der Waals surface area contributed by atoms with Gasteiger partial charge in [0.05, 0.1) is 12.3 Å². The van der Waals surface area contributed by atoms with Crippen LogP contribution < -0.4 is 10.5 Å². The fraction of sp³-hybridized carbons (Fsp3) is 0.391. The molecule has 158 valence electrons. The van der Waals surface area contributed by atoms with Crippen molar-refractivity contribution in [2.24, 2.45) is 10.9 Å². The molecule has 2 heterocycles. The number of ether oxygens (including phenoxy) is 1. The number of amides is 1. The minimum absolute atomic E-state index is 0.0589. The first-order chi connectivity index (χ1) is 14.4. The third-order valence-corrected chi connectivity index (χ3v) is 5.56. The van der Waals surface area contributed by atoms with Crippen molar-refractivity contribution < 1.29 is 9.53 Å². The van der Waals surface area contributed by atoms with Gasteiger partial charge >= 0.3 is 0 Å². The second-order valence-corrected chi connectivity index (χ2v) is 7.65. The summed E-state index contributed by atoms with van der Waals surface area (Å²) in [6.45, 7) is 4.34. The van der Waals surface area contributed by atoms with E-state index >= 15 is 0 Å². The number of aliphatic imine (C=N–C) groups is 1. The van der Waals surface area contributed by atoms with Crippen LogP contribution in [0.5, 0.6) is 5.88 Å². The summed E-state index contributed by atoms with van der Waals surface area (Å²) in [6, 6.07) is 11.1. The lowest BCUT2D eigenvalue weighted by Gasteiger charge is -2.39. The van der Waals surface area contributed by atoms with Gasteiger partial charge in [-0.1, -0.05) is 30.3 Å². The van der Waals surface area contributed by atoms with Crippen molar-refractivity contribution in [3.8, 4) is 5.88 Å². The maximum atomic E-state index is 13.4. The molecule has 3 N–H and O–H groups in total. The summed E-state index contributed by atoms with van der Waals surface area (Å²) in [5, 5.41) is 8.59. The van der Waals surface area contributed by atoms with Crippen LogP contribution in [0.1, 0.15) is 30.9 Å². The minimum Gasteiger partial charge on any atom is -0.472 e. The lowest BCUT2D eigenvalue weighted by Crippen LogP contribution is -2.52. The number of hydrogen-bond acceptors (Lipinski definition) is 6. The number of nitrogen functional groups attached to an aromatic ring is 1. The Kier molecular flexibility index (Phi) is 6.82. The van der Waals surface area contributed by atoms with Crippen LogP contribution >= 0.6 is 0 Å². The number of hydrogen-bond donors (Lipinski definition) is 2. The lowest BCUT2D eigenvalue weighted by atomic mass is 9.93. The highest BCUT2D eigenvalue weighted by atomic mass is 16.5. The number of nitrogens with zero attached hydrogens (tertiary/aromatic N) is 3. The van der Waals surface area contributed by atoms with Crippen LogP contribution in [-0.4, -0.2) is 53.5 Å². The third-order valence-electron chi connectivity index (χ3n) is 5.56. The summed E-state index contributed by atoms with van der Waals surface area (Å²) in [7, 11) is 1.62. The summed E-state index contributed by atoms with van der Waals surface area (Å²) >= 11 is 0. The number of carbonyl (C=O) groups is 1. The Morgan fingerprint density at radius 3 is 2.77 bits per heavy atom. The second kappa shape index (κ2) is 9.52. The Labute approximate surface area is 177 Å². The van der Waals surface area contributed by atoms with Crippen LogP contribution in [0.3, 0.4) is 0 Å². The number of anilines is 1. The van der Waals surface area contributed by atoms with E-state index in [0.717, 1.165) is 18.4 Å². The molecule has 0 aliphatic carbocycles. The van der Waals surface area contributed by atoms with Crippen molar-refractivity contribution in [2.75, 3.05) is 19.3 Å². The van der Waals surface area contributed by atoms with Gasteiger partial charge in [-0.05, 0) is 38.3 Å². The van der Waals surface area contributed by atoms with Gasteiger partial charge in [0.25, 0.3) is 0 Å². The van der Waals surface area contributed by atoms with Crippen molar-refractivity contribution in [1.29, 1.82) is 5.41 Å². The van der Waals surface area contributed by atoms with E-state index in [1.54, 1.807) is 30.4 Å². The number of nitrogens with one attached hydrogen (secondary N) is 1. The van der Waals surface area contributed by atoms with Crippen LogP contribution in [0.2, 0.25) is 0 Å². The number of nitrogens with two attached hydrogens (primary N) is 1. The maximum Gasteiger partial charge on any atom is 0.237 e. The molecule has 7 heteroatoms. The highest BCUT2D eigenvalue weighted by Crippen LogP contribution is 2.26. The smallest absolute Gasteiger partial charge is 0.237 e. The molecule has 1 amide bonds. The summed E-state index contributed by atoms with van der Waals surface area (Å²) in [4.78, 5) is 23.6. The Morgan fingerprint density at radius 2 is 2.07 bits per heavy atom. The molecule has 7 nitrogen and oxygen atoms in total. The van der Waals surface area contributed by atoms with Gasteiger partial charge in [-0.2, -0.15) is 0 Å². The van der Waals surface area contributed by atoms with Gasteiger partial charge in [0.15, 0.2) is 0 Å². The van der Waals surface area contributed by atoms with E-state index in [0.29, 0.717) is 23.7 Å². The Hall–Kier alpha value is -3.22. The number of piperidine rings is 1. The molecular weight excluding hydrogens is 378 g/mol. The standard InChI is InChI=1S/C23H29N5O2/c1-15-9-10-18(30-22-16(2)20(24)11-12-27-22)14-28(15)23(29)19(13-26-3)21(25)17-7-5-4-6-8-17/h4-8,11-13,15,18-19,25H,9-10,14H2,1-3H3,(H2,24,27). The van der Waals surface area contributed by atoms with Crippen LogP contribution in [0.15, 0.2) is 47.6 Å². The predicted octanol–water partition coefficient (Wildman–Crippen LogP) is 3.12. The number of carbonyl (C=O) groups excluding carboxylic acids is 1. The molecule has 1 aliphatic heterocycles. The molecule has 3 rings (SSSR count). The van der Waals surface area contributed by atoms with E-state index in [-0.39, 0.29) is 23.8 Å². The van der Waals surface area contributed by atoms with Crippen molar-refractivity contribution >= 4 is 23.5 Å². The molecule has 0 spiro atoms. The van der Waals surface area contributed by atoms with E-state index in [4.69, 9.17) is 15.9 Å². The molecule has 3 atom stereocenters. The van der Waals surface area contributed by atoms with Gasteiger partial charge in [-0.15, -0.1) is 0 Å². The van der Waals surface area contributed by atoms with Crippen molar-refractivity contribution in [3.63, 3.8) is 0 Å². The predicted molar refractivity (Wildman–Crippen MR) is 119 cm³/mol. The van der Waals surface area contributed by atoms with E-state index in [1.807, 2.05) is 44.2 Å². The highest BCUT2D eigenvalue weighted by molar-refractivity contribution is 6.20. The molecule has 1 fully saturated rings. The first-order valence-electron chi connectivity index (χ1n) is 10.2. The first-order valence-corrected chi connectivity index (χ1v) is 10.2.